The average molecular weight is 300 g/mol. The number of nitrogens with one attached hydrogen (secondary N) is 1. The highest BCUT2D eigenvalue weighted by Crippen LogP contribution is 2.24. The molecule has 5 heteroatoms. The molecule has 0 spiro atoms. The van der Waals surface area contributed by atoms with E-state index in [1.165, 1.54) is 12.4 Å². The maximum Gasteiger partial charge on any atom is 0.257 e. The Morgan fingerprint density at radius 1 is 1.29 bits per heavy atom. The van der Waals surface area contributed by atoms with Crippen LogP contribution in [-0.4, -0.2) is 10.9 Å². The van der Waals surface area contributed by atoms with Crippen molar-refractivity contribution in [3.63, 3.8) is 0 Å². The smallest absolute Gasteiger partial charge is 0.257 e. The van der Waals surface area contributed by atoms with Crippen LogP contribution in [0.5, 0.6) is 0 Å². The minimum Gasteiger partial charge on any atom is -0.322 e. The predicted molar refractivity (Wildman–Crippen MR) is 82.3 cm³/mol. The number of hydrogen-bond donors (Lipinski definition) is 1. The second kappa shape index (κ2) is 5.94. The van der Waals surface area contributed by atoms with Crippen LogP contribution in [0.15, 0.2) is 42.7 Å². The Labute approximate surface area is 128 Å². The molecule has 0 saturated heterocycles. The summed E-state index contributed by atoms with van der Waals surface area (Å²) in [6, 6.07) is 11.0. The highest BCUT2D eigenvalue weighted by atomic mass is 35.5. The van der Waals surface area contributed by atoms with Crippen molar-refractivity contribution in [3.8, 4) is 6.07 Å². The first-order valence-corrected chi connectivity index (χ1v) is 6.74. The molecular weight excluding hydrogens is 286 g/mol. The number of halogens is 1. The summed E-state index contributed by atoms with van der Waals surface area (Å²) in [5, 5.41) is 12.2. The van der Waals surface area contributed by atoms with Crippen molar-refractivity contribution in [1.82, 2.24) is 4.98 Å². The van der Waals surface area contributed by atoms with E-state index in [1.54, 1.807) is 18.2 Å². The van der Waals surface area contributed by atoms with Gasteiger partial charge < -0.3 is 5.32 Å². The number of rotatable bonds is 3. The number of amides is 1. The number of carbonyl (C=O) groups is 1. The van der Waals surface area contributed by atoms with Crippen molar-refractivity contribution in [2.45, 2.75) is 19.3 Å². The Balaban J connectivity index is 2.17. The summed E-state index contributed by atoms with van der Waals surface area (Å²) in [4.78, 5) is 15.9. The van der Waals surface area contributed by atoms with E-state index in [-0.39, 0.29) is 5.91 Å². The van der Waals surface area contributed by atoms with E-state index >= 15 is 0 Å². The highest BCUT2D eigenvalue weighted by Gasteiger charge is 2.19. The standard InChI is InChI=1S/C16H14ClN3O/c1-16(2,10-18)11-3-5-12(6-4-11)20-15(21)13-7-8-19-9-14(13)17/h3-9H,1-2H3,(H,20,21). The van der Waals surface area contributed by atoms with Gasteiger partial charge in [0.25, 0.3) is 5.91 Å². The van der Waals surface area contributed by atoms with Crippen LogP contribution in [0.1, 0.15) is 29.8 Å². The van der Waals surface area contributed by atoms with E-state index in [0.29, 0.717) is 16.3 Å². The maximum absolute atomic E-state index is 12.1. The van der Waals surface area contributed by atoms with Gasteiger partial charge in [0.1, 0.15) is 0 Å². The normalized spacial score (nSPS) is 10.8. The molecule has 2 aromatic rings. The number of nitriles is 1. The number of benzene rings is 1. The van der Waals surface area contributed by atoms with Crippen molar-refractivity contribution in [3.05, 3.63) is 58.9 Å². The molecule has 2 rings (SSSR count). The molecule has 21 heavy (non-hydrogen) atoms. The number of hydrogen-bond acceptors (Lipinski definition) is 3. The third-order valence-corrected chi connectivity index (χ3v) is 3.46. The van der Waals surface area contributed by atoms with Gasteiger partial charge in [-0.05, 0) is 37.6 Å². The molecule has 0 aliphatic rings. The third kappa shape index (κ3) is 3.39. The van der Waals surface area contributed by atoms with E-state index < -0.39 is 5.41 Å². The van der Waals surface area contributed by atoms with Crippen molar-refractivity contribution in [2.75, 3.05) is 5.32 Å². The summed E-state index contributed by atoms with van der Waals surface area (Å²) in [6.45, 7) is 3.69. The summed E-state index contributed by atoms with van der Waals surface area (Å²) in [5.41, 5.74) is 1.35. The summed E-state index contributed by atoms with van der Waals surface area (Å²) in [6.07, 6.45) is 2.94. The second-order valence-corrected chi connectivity index (χ2v) is 5.53. The van der Waals surface area contributed by atoms with Gasteiger partial charge in [-0.15, -0.1) is 0 Å². The van der Waals surface area contributed by atoms with Gasteiger partial charge in [0.15, 0.2) is 0 Å². The molecular formula is C16H14ClN3O. The number of aromatic nitrogens is 1. The molecule has 0 bridgehead atoms. The SMILES string of the molecule is CC(C)(C#N)c1ccc(NC(=O)c2ccncc2Cl)cc1. The maximum atomic E-state index is 12.1. The topological polar surface area (TPSA) is 65.8 Å². The number of nitrogens with zero attached hydrogens (tertiary/aromatic N) is 2. The molecule has 0 radical (unpaired) electrons. The van der Waals surface area contributed by atoms with Crippen LogP contribution in [0.4, 0.5) is 5.69 Å². The van der Waals surface area contributed by atoms with Gasteiger partial charge in [-0.1, -0.05) is 23.7 Å². The lowest BCUT2D eigenvalue weighted by molar-refractivity contribution is 0.102. The molecule has 0 fully saturated rings. The van der Waals surface area contributed by atoms with E-state index in [1.807, 2.05) is 26.0 Å². The number of anilines is 1. The molecule has 1 amide bonds. The van der Waals surface area contributed by atoms with E-state index in [0.717, 1.165) is 5.56 Å². The Kier molecular flexibility index (Phi) is 4.25. The van der Waals surface area contributed by atoms with Crippen molar-refractivity contribution in [1.29, 1.82) is 5.26 Å². The molecule has 4 nitrogen and oxygen atoms in total. The highest BCUT2D eigenvalue weighted by molar-refractivity contribution is 6.34. The Hall–Kier alpha value is -2.38. The van der Waals surface area contributed by atoms with Crippen molar-refractivity contribution >= 4 is 23.2 Å². The first-order valence-electron chi connectivity index (χ1n) is 6.37. The zero-order valence-electron chi connectivity index (χ0n) is 11.7. The molecule has 1 aromatic heterocycles. The minimum atomic E-state index is -0.559. The first kappa shape index (κ1) is 15.0. The molecule has 1 aromatic carbocycles. The van der Waals surface area contributed by atoms with Gasteiger partial charge in [-0.25, -0.2) is 0 Å². The van der Waals surface area contributed by atoms with Crippen LogP contribution in [0, 0.1) is 11.3 Å². The quantitative estimate of drug-likeness (QED) is 0.937. The van der Waals surface area contributed by atoms with Gasteiger partial charge in [-0.3, -0.25) is 9.78 Å². The fourth-order valence-corrected chi connectivity index (χ4v) is 2.00. The monoisotopic (exact) mass is 299 g/mol. The van der Waals surface area contributed by atoms with Gasteiger partial charge in [0, 0.05) is 18.1 Å². The second-order valence-electron chi connectivity index (χ2n) is 5.12. The Bertz CT molecular complexity index is 702. The Morgan fingerprint density at radius 2 is 1.95 bits per heavy atom. The molecule has 106 valence electrons. The average Bonchev–Trinajstić information content (AvgIpc) is 2.48. The molecule has 1 N–H and O–H groups in total. The van der Waals surface area contributed by atoms with Crippen LogP contribution >= 0.6 is 11.6 Å². The summed E-state index contributed by atoms with van der Waals surface area (Å²) >= 11 is 5.93. The molecule has 0 unspecified atom stereocenters. The molecule has 1 heterocycles. The minimum absolute atomic E-state index is 0.297. The van der Waals surface area contributed by atoms with Crippen molar-refractivity contribution in [2.24, 2.45) is 0 Å². The molecule has 0 aliphatic carbocycles. The largest absolute Gasteiger partial charge is 0.322 e. The first-order chi connectivity index (χ1) is 9.94. The zero-order valence-corrected chi connectivity index (χ0v) is 12.5. The van der Waals surface area contributed by atoms with E-state index in [2.05, 4.69) is 16.4 Å². The molecule has 0 saturated carbocycles. The van der Waals surface area contributed by atoms with Crippen LogP contribution in [0.2, 0.25) is 5.02 Å². The summed E-state index contributed by atoms with van der Waals surface area (Å²) in [7, 11) is 0. The van der Waals surface area contributed by atoms with Crippen LogP contribution in [0.25, 0.3) is 0 Å². The van der Waals surface area contributed by atoms with Gasteiger partial charge in [0.05, 0.1) is 22.1 Å². The van der Waals surface area contributed by atoms with Crippen LogP contribution < -0.4 is 5.32 Å². The molecule has 0 aliphatic heterocycles. The lowest BCUT2D eigenvalue weighted by atomic mass is 9.86. The summed E-state index contributed by atoms with van der Waals surface area (Å²) < 4.78 is 0. The summed E-state index contributed by atoms with van der Waals surface area (Å²) in [5.74, 6) is -0.297. The lowest BCUT2D eigenvalue weighted by Gasteiger charge is -2.16. The van der Waals surface area contributed by atoms with Crippen LogP contribution in [-0.2, 0) is 5.41 Å². The molecule has 0 atom stereocenters. The van der Waals surface area contributed by atoms with E-state index in [9.17, 15) is 4.79 Å². The van der Waals surface area contributed by atoms with Gasteiger partial charge in [-0.2, -0.15) is 5.26 Å². The Morgan fingerprint density at radius 3 is 2.52 bits per heavy atom. The fourth-order valence-electron chi connectivity index (χ4n) is 1.79. The van der Waals surface area contributed by atoms with E-state index in [4.69, 9.17) is 16.9 Å². The number of pyridine rings is 1. The fraction of sp³-hybridized carbons (Fsp3) is 0.188. The van der Waals surface area contributed by atoms with Crippen LogP contribution in [0.3, 0.4) is 0 Å². The van der Waals surface area contributed by atoms with Gasteiger partial charge >= 0.3 is 0 Å². The van der Waals surface area contributed by atoms with Crippen molar-refractivity contribution < 1.29 is 4.79 Å². The predicted octanol–water partition coefficient (Wildman–Crippen LogP) is 3.79. The zero-order chi connectivity index (χ0) is 15.5. The lowest BCUT2D eigenvalue weighted by Crippen LogP contribution is -2.15. The number of carbonyl (C=O) groups excluding carboxylic acids is 1. The van der Waals surface area contributed by atoms with Gasteiger partial charge in [0.2, 0.25) is 0 Å². The third-order valence-electron chi connectivity index (χ3n) is 3.16.